The molecular formula is C8H18OSSi. The third kappa shape index (κ3) is 2.49. The number of hydrogen-bond donors (Lipinski definition) is 1. The van der Waals surface area contributed by atoms with Gasteiger partial charge in [0.15, 0.2) is 0 Å². The summed E-state index contributed by atoms with van der Waals surface area (Å²) in [5, 5.41) is 0.333. The molecule has 1 heterocycles. The van der Waals surface area contributed by atoms with Gasteiger partial charge in [-0.2, -0.15) is 12.6 Å². The molecule has 0 aromatic rings. The van der Waals surface area contributed by atoms with E-state index in [-0.39, 0.29) is 9.52 Å². The predicted molar refractivity (Wildman–Crippen MR) is 55.4 cm³/mol. The van der Waals surface area contributed by atoms with E-state index in [2.05, 4.69) is 19.2 Å². The lowest BCUT2D eigenvalue weighted by Gasteiger charge is -2.36. The Morgan fingerprint density at radius 1 is 1.55 bits per heavy atom. The maximum Gasteiger partial charge on any atom is 0.0564 e. The second-order valence-electron chi connectivity index (χ2n) is 3.32. The third-order valence-corrected chi connectivity index (χ3v) is 5.07. The van der Waals surface area contributed by atoms with Crippen LogP contribution < -0.4 is 0 Å². The van der Waals surface area contributed by atoms with E-state index in [4.69, 9.17) is 4.74 Å². The highest BCUT2D eigenvalue weighted by Crippen LogP contribution is 2.27. The summed E-state index contributed by atoms with van der Waals surface area (Å²) in [7, 11) is -0.0207. The zero-order valence-corrected chi connectivity index (χ0v) is 9.61. The number of hydrogen-bond acceptors (Lipinski definition) is 2. The Morgan fingerprint density at radius 2 is 2.36 bits per heavy atom. The summed E-state index contributed by atoms with van der Waals surface area (Å²) in [6.45, 7) is 3.35. The van der Waals surface area contributed by atoms with Crippen LogP contribution in [0.3, 0.4) is 0 Å². The molecule has 3 heteroatoms. The molecule has 1 atom stereocenters. The van der Waals surface area contributed by atoms with E-state index in [0.29, 0.717) is 5.22 Å². The normalized spacial score (nSPS) is 33.3. The Balaban J connectivity index is 2.42. The molecule has 0 aliphatic carbocycles. The molecule has 0 aromatic carbocycles. The largest absolute Gasteiger partial charge is 0.379 e. The van der Waals surface area contributed by atoms with E-state index in [0.717, 1.165) is 12.4 Å². The highest BCUT2D eigenvalue weighted by Gasteiger charge is 2.30. The zero-order valence-electron chi connectivity index (χ0n) is 7.31. The predicted octanol–water partition coefficient (Wildman–Crippen LogP) is 1.42. The number of thiol groups is 1. The Morgan fingerprint density at radius 3 is 2.82 bits per heavy atom. The fourth-order valence-electron chi connectivity index (χ4n) is 1.77. The lowest BCUT2D eigenvalue weighted by molar-refractivity contribution is -0.0211. The molecule has 0 spiro atoms. The smallest absolute Gasteiger partial charge is 0.0564 e. The van der Waals surface area contributed by atoms with Gasteiger partial charge in [-0.3, -0.25) is 0 Å². The molecular weight excluding hydrogens is 172 g/mol. The SMILES string of the molecule is C[SiH2]C1(CCS)CCCCO1. The van der Waals surface area contributed by atoms with Crippen molar-refractivity contribution in [1.82, 2.24) is 0 Å². The van der Waals surface area contributed by atoms with Crippen molar-refractivity contribution in [2.24, 2.45) is 0 Å². The molecule has 0 amide bonds. The van der Waals surface area contributed by atoms with Crippen molar-refractivity contribution < 1.29 is 4.74 Å². The van der Waals surface area contributed by atoms with Gasteiger partial charge in [0.2, 0.25) is 0 Å². The standard InChI is InChI=1S/C8H18OSSi/c1-11-8(5-7-10)4-2-3-6-9-8/h10H,2-7,11H2,1H3. The molecule has 1 unspecified atom stereocenters. The first-order valence-corrected chi connectivity index (χ1v) is 7.33. The molecule has 1 fully saturated rings. The van der Waals surface area contributed by atoms with Gasteiger partial charge in [-0.1, -0.05) is 6.55 Å². The van der Waals surface area contributed by atoms with Gasteiger partial charge in [-0.15, -0.1) is 0 Å². The van der Waals surface area contributed by atoms with Crippen LogP contribution in [0.15, 0.2) is 0 Å². The maximum absolute atomic E-state index is 5.87. The minimum Gasteiger partial charge on any atom is -0.379 e. The second kappa shape index (κ2) is 4.53. The van der Waals surface area contributed by atoms with Gasteiger partial charge >= 0.3 is 0 Å². The molecule has 1 rings (SSSR count). The number of ether oxygens (including phenoxy) is 1. The average Bonchev–Trinajstić information content (AvgIpc) is 2.07. The highest BCUT2D eigenvalue weighted by atomic mass is 32.1. The van der Waals surface area contributed by atoms with Crippen molar-refractivity contribution in [3.63, 3.8) is 0 Å². The molecule has 0 N–H and O–H groups in total. The molecule has 0 saturated carbocycles. The highest BCUT2D eigenvalue weighted by molar-refractivity contribution is 7.80. The van der Waals surface area contributed by atoms with Crippen LogP contribution in [0.5, 0.6) is 0 Å². The minimum atomic E-state index is -0.0207. The van der Waals surface area contributed by atoms with Gasteiger partial charge in [-0.05, 0) is 31.4 Å². The van der Waals surface area contributed by atoms with Crippen LogP contribution in [-0.4, -0.2) is 27.1 Å². The Hall–Kier alpha value is 0.527. The Labute approximate surface area is 77.1 Å². The molecule has 1 aliphatic rings. The van der Waals surface area contributed by atoms with Crippen molar-refractivity contribution >= 4 is 22.1 Å². The molecule has 1 nitrogen and oxygen atoms in total. The summed E-state index contributed by atoms with van der Waals surface area (Å²) >= 11 is 4.28. The van der Waals surface area contributed by atoms with E-state index in [1.165, 1.54) is 25.7 Å². The van der Waals surface area contributed by atoms with Gasteiger partial charge in [0.1, 0.15) is 0 Å². The Bertz CT molecular complexity index is 107. The van der Waals surface area contributed by atoms with Gasteiger partial charge in [0.05, 0.1) is 14.7 Å². The molecule has 66 valence electrons. The summed E-state index contributed by atoms with van der Waals surface area (Å²) < 4.78 is 5.87. The number of rotatable bonds is 3. The van der Waals surface area contributed by atoms with Crippen LogP contribution in [0, 0.1) is 0 Å². The first kappa shape index (κ1) is 9.61. The van der Waals surface area contributed by atoms with Crippen LogP contribution >= 0.6 is 12.6 Å². The molecule has 0 aromatic heterocycles. The fraction of sp³-hybridized carbons (Fsp3) is 1.00. The van der Waals surface area contributed by atoms with Gasteiger partial charge in [0, 0.05) is 6.61 Å². The van der Waals surface area contributed by atoms with Crippen LogP contribution in [0.2, 0.25) is 6.55 Å². The minimum absolute atomic E-state index is 0.0207. The van der Waals surface area contributed by atoms with E-state index in [9.17, 15) is 0 Å². The zero-order chi connectivity index (χ0) is 8.16. The first-order chi connectivity index (χ1) is 5.33. The molecule has 0 bridgehead atoms. The van der Waals surface area contributed by atoms with Crippen LogP contribution in [0.25, 0.3) is 0 Å². The topological polar surface area (TPSA) is 9.23 Å². The molecule has 11 heavy (non-hydrogen) atoms. The Kier molecular flexibility index (Phi) is 3.96. The molecule has 0 radical (unpaired) electrons. The van der Waals surface area contributed by atoms with E-state index < -0.39 is 0 Å². The van der Waals surface area contributed by atoms with Crippen molar-refractivity contribution in [3.8, 4) is 0 Å². The summed E-state index contributed by atoms with van der Waals surface area (Å²) in [5.41, 5.74) is 0. The average molecular weight is 190 g/mol. The van der Waals surface area contributed by atoms with E-state index in [1.54, 1.807) is 0 Å². The second-order valence-corrected chi connectivity index (χ2v) is 5.76. The van der Waals surface area contributed by atoms with E-state index in [1.807, 2.05) is 0 Å². The van der Waals surface area contributed by atoms with Crippen LogP contribution in [-0.2, 0) is 4.74 Å². The van der Waals surface area contributed by atoms with Crippen LogP contribution in [0.1, 0.15) is 25.7 Å². The van der Waals surface area contributed by atoms with Crippen molar-refractivity contribution in [2.75, 3.05) is 12.4 Å². The van der Waals surface area contributed by atoms with Crippen molar-refractivity contribution in [2.45, 2.75) is 37.5 Å². The van der Waals surface area contributed by atoms with E-state index >= 15 is 0 Å². The summed E-state index contributed by atoms with van der Waals surface area (Å²) in [6.07, 6.45) is 5.12. The fourth-order valence-corrected chi connectivity index (χ4v) is 3.95. The lowest BCUT2D eigenvalue weighted by atomic mass is 10.1. The monoisotopic (exact) mass is 190 g/mol. The lowest BCUT2D eigenvalue weighted by Crippen LogP contribution is -2.41. The maximum atomic E-state index is 5.87. The van der Waals surface area contributed by atoms with Crippen molar-refractivity contribution in [1.29, 1.82) is 0 Å². The molecule has 1 aliphatic heterocycles. The molecule has 1 saturated heterocycles. The summed E-state index contributed by atoms with van der Waals surface area (Å²) in [5.74, 6) is 0.987. The first-order valence-electron chi connectivity index (χ1n) is 4.58. The summed E-state index contributed by atoms with van der Waals surface area (Å²) in [6, 6.07) is 0. The van der Waals surface area contributed by atoms with Gasteiger partial charge < -0.3 is 4.74 Å². The van der Waals surface area contributed by atoms with Gasteiger partial charge in [0.25, 0.3) is 0 Å². The third-order valence-electron chi connectivity index (χ3n) is 2.65. The van der Waals surface area contributed by atoms with Gasteiger partial charge in [-0.25, -0.2) is 0 Å². The van der Waals surface area contributed by atoms with Crippen LogP contribution in [0.4, 0.5) is 0 Å². The summed E-state index contributed by atoms with van der Waals surface area (Å²) in [4.78, 5) is 0. The quantitative estimate of drug-likeness (QED) is 0.523. The van der Waals surface area contributed by atoms with Crippen molar-refractivity contribution in [3.05, 3.63) is 0 Å².